The molecule has 146 valence electrons. The van der Waals surface area contributed by atoms with Crippen molar-refractivity contribution in [1.29, 1.82) is 0 Å². The van der Waals surface area contributed by atoms with Crippen molar-refractivity contribution in [2.45, 2.75) is 18.5 Å². The van der Waals surface area contributed by atoms with E-state index in [2.05, 4.69) is 15.9 Å². The first kappa shape index (κ1) is 20.4. The quantitative estimate of drug-likeness (QED) is 0.274. The van der Waals surface area contributed by atoms with E-state index in [9.17, 15) is 22.8 Å². The molecule has 28 heavy (non-hydrogen) atoms. The van der Waals surface area contributed by atoms with Crippen LogP contribution in [0, 0.1) is 0 Å². The lowest BCUT2D eigenvalue weighted by Crippen LogP contribution is -2.18. The number of ether oxygens (including phenoxy) is 1. The molecule has 1 atom stereocenters. The summed E-state index contributed by atoms with van der Waals surface area (Å²) in [5, 5.41) is -1.03. The summed E-state index contributed by atoms with van der Waals surface area (Å²) in [5.74, 6) is -2.30. The SMILES string of the molecule is CC(Cl)C(=O)Oc1ccc2c(=O)c(-c3ccc(Br)cc3)c(C(F)(F)F)oc2c1. The molecule has 0 spiro atoms. The fourth-order valence-electron chi connectivity index (χ4n) is 2.51. The van der Waals surface area contributed by atoms with E-state index in [0.29, 0.717) is 4.47 Å². The lowest BCUT2D eigenvalue weighted by molar-refractivity contribution is -0.152. The predicted molar refractivity (Wildman–Crippen MR) is 102 cm³/mol. The van der Waals surface area contributed by atoms with Crippen molar-refractivity contribution in [1.82, 2.24) is 0 Å². The molecule has 0 aliphatic rings. The van der Waals surface area contributed by atoms with E-state index >= 15 is 0 Å². The van der Waals surface area contributed by atoms with Gasteiger partial charge in [0.25, 0.3) is 0 Å². The van der Waals surface area contributed by atoms with Crippen molar-refractivity contribution in [3.05, 3.63) is 62.9 Å². The van der Waals surface area contributed by atoms with Crippen LogP contribution in [0.25, 0.3) is 22.1 Å². The van der Waals surface area contributed by atoms with Crippen LogP contribution in [0.15, 0.2) is 56.1 Å². The lowest BCUT2D eigenvalue weighted by atomic mass is 10.0. The van der Waals surface area contributed by atoms with E-state index < -0.39 is 34.3 Å². The Kier molecular flexibility index (Phi) is 5.54. The second-order valence-electron chi connectivity index (χ2n) is 5.84. The summed E-state index contributed by atoms with van der Waals surface area (Å²) in [7, 11) is 0. The van der Waals surface area contributed by atoms with Crippen molar-refractivity contribution in [3.63, 3.8) is 0 Å². The van der Waals surface area contributed by atoms with Crippen LogP contribution in [-0.4, -0.2) is 11.3 Å². The third kappa shape index (κ3) is 4.07. The highest BCUT2D eigenvalue weighted by Gasteiger charge is 2.39. The third-order valence-electron chi connectivity index (χ3n) is 3.80. The Morgan fingerprint density at radius 2 is 1.82 bits per heavy atom. The van der Waals surface area contributed by atoms with Gasteiger partial charge >= 0.3 is 12.1 Å². The number of hydrogen-bond donors (Lipinski definition) is 0. The molecular formula is C19H11BrClF3O4. The monoisotopic (exact) mass is 474 g/mol. The van der Waals surface area contributed by atoms with Crippen molar-refractivity contribution in [2.75, 3.05) is 0 Å². The molecule has 0 aliphatic heterocycles. The van der Waals surface area contributed by atoms with E-state index in [1.165, 1.54) is 43.3 Å². The van der Waals surface area contributed by atoms with Crippen LogP contribution in [0.2, 0.25) is 0 Å². The Hall–Kier alpha value is -2.32. The molecular weight excluding hydrogens is 465 g/mol. The van der Waals surface area contributed by atoms with E-state index in [1.807, 2.05) is 0 Å². The van der Waals surface area contributed by atoms with E-state index in [4.69, 9.17) is 20.8 Å². The Bertz CT molecular complexity index is 1110. The van der Waals surface area contributed by atoms with E-state index in [-0.39, 0.29) is 22.3 Å². The van der Waals surface area contributed by atoms with Gasteiger partial charge in [0.2, 0.25) is 11.2 Å². The number of carbonyl (C=O) groups excluding carboxylic acids is 1. The average Bonchev–Trinajstić information content (AvgIpc) is 2.61. The smallest absolute Gasteiger partial charge is 0.450 e. The number of benzene rings is 2. The van der Waals surface area contributed by atoms with Crippen LogP contribution in [0.1, 0.15) is 12.7 Å². The Labute approximate surface area is 170 Å². The van der Waals surface area contributed by atoms with Gasteiger partial charge in [0.05, 0.1) is 10.9 Å². The zero-order chi connectivity index (χ0) is 20.6. The van der Waals surface area contributed by atoms with Crippen LogP contribution in [0.4, 0.5) is 13.2 Å². The van der Waals surface area contributed by atoms with Gasteiger partial charge in [-0.3, -0.25) is 9.59 Å². The van der Waals surface area contributed by atoms with Gasteiger partial charge in [-0.15, -0.1) is 11.6 Å². The minimum Gasteiger partial charge on any atom is -0.450 e. The third-order valence-corrected chi connectivity index (χ3v) is 4.50. The maximum absolute atomic E-state index is 13.6. The first-order valence-electron chi connectivity index (χ1n) is 7.87. The van der Waals surface area contributed by atoms with Gasteiger partial charge in [-0.25, -0.2) is 0 Å². The molecule has 0 saturated heterocycles. The number of fused-ring (bicyclic) bond motifs is 1. The molecule has 0 N–H and O–H groups in total. The molecule has 1 heterocycles. The number of halogens is 5. The van der Waals surface area contributed by atoms with Crippen LogP contribution in [-0.2, 0) is 11.0 Å². The van der Waals surface area contributed by atoms with Gasteiger partial charge in [-0.1, -0.05) is 28.1 Å². The molecule has 0 saturated carbocycles. The largest absolute Gasteiger partial charge is 0.450 e. The van der Waals surface area contributed by atoms with Gasteiger partial charge in [-0.2, -0.15) is 13.2 Å². The molecule has 4 nitrogen and oxygen atoms in total. The van der Waals surface area contributed by atoms with E-state index in [0.717, 1.165) is 6.07 Å². The van der Waals surface area contributed by atoms with Crippen LogP contribution in [0.3, 0.4) is 0 Å². The second-order valence-corrected chi connectivity index (χ2v) is 7.41. The summed E-state index contributed by atoms with van der Waals surface area (Å²) < 4.78 is 51.4. The number of esters is 1. The van der Waals surface area contributed by atoms with E-state index in [1.54, 1.807) is 0 Å². The molecule has 0 bridgehead atoms. The topological polar surface area (TPSA) is 56.5 Å². The first-order valence-corrected chi connectivity index (χ1v) is 9.10. The minimum absolute atomic E-state index is 0.0673. The van der Waals surface area contributed by atoms with Gasteiger partial charge in [-0.05, 0) is 36.8 Å². The molecule has 0 aliphatic carbocycles. The maximum atomic E-state index is 13.6. The fourth-order valence-corrected chi connectivity index (χ4v) is 2.82. The molecule has 1 unspecified atom stereocenters. The molecule has 1 aromatic heterocycles. The summed E-state index contributed by atoms with van der Waals surface area (Å²) in [6.07, 6.45) is -4.91. The van der Waals surface area contributed by atoms with Crippen LogP contribution < -0.4 is 10.2 Å². The van der Waals surface area contributed by atoms with Crippen molar-refractivity contribution < 1.29 is 27.1 Å². The highest BCUT2D eigenvalue weighted by atomic mass is 79.9. The standard InChI is InChI=1S/C19H11BrClF3O4/c1-9(21)18(26)27-12-6-7-13-14(8-12)28-17(19(22,23)24)15(16(13)25)10-2-4-11(20)5-3-10/h2-9H,1H3. The summed E-state index contributed by atoms with van der Waals surface area (Å²) >= 11 is 8.80. The molecule has 0 radical (unpaired) electrons. The Morgan fingerprint density at radius 1 is 1.18 bits per heavy atom. The van der Waals surface area contributed by atoms with Crippen LogP contribution >= 0.6 is 27.5 Å². The van der Waals surface area contributed by atoms with Crippen molar-refractivity contribution >= 4 is 44.5 Å². The summed E-state index contributed by atoms with van der Waals surface area (Å²) in [5.41, 5.74) is -1.73. The van der Waals surface area contributed by atoms with Crippen molar-refractivity contribution in [3.8, 4) is 16.9 Å². The summed E-state index contributed by atoms with van der Waals surface area (Å²) in [6, 6.07) is 9.39. The van der Waals surface area contributed by atoms with Crippen LogP contribution in [0.5, 0.6) is 5.75 Å². The molecule has 9 heteroatoms. The Morgan fingerprint density at radius 3 is 2.39 bits per heavy atom. The molecule has 0 fully saturated rings. The number of carbonyl (C=O) groups is 1. The van der Waals surface area contributed by atoms with Gasteiger partial charge in [0.1, 0.15) is 16.7 Å². The normalized spacial score (nSPS) is 12.8. The number of alkyl halides is 4. The number of hydrogen-bond acceptors (Lipinski definition) is 4. The molecule has 3 aromatic rings. The molecule has 0 amide bonds. The average molecular weight is 476 g/mol. The highest BCUT2D eigenvalue weighted by molar-refractivity contribution is 9.10. The highest BCUT2D eigenvalue weighted by Crippen LogP contribution is 2.38. The molecule has 3 rings (SSSR count). The summed E-state index contributed by atoms with van der Waals surface area (Å²) in [6.45, 7) is 1.39. The van der Waals surface area contributed by atoms with Crippen molar-refractivity contribution in [2.24, 2.45) is 0 Å². The summed E-state index contributed by atoms with van der Waals surface area (Å²) in [4.78, 5) is 24.4. The van der Waals surface area contributed by atoms with Gasteiger partial charge < -0.3 is 9.15 Å². The predicted octanol–water partition coefficient (Wildman–Crippen LogP) is 5.77. The Balaban J connectivity index is 2.24. The minimum atomic E-state index is -4.91. The maximum Gasteiger partial charge on any atom is 0.450 e. The number of rotatable bonds is 3. The molecule has 2 aromatic carbocycles. The lowest BCUT2D eigenvalue weighted by Gasteiger charge is -2.13. The zero-order valence-corrected chi connectivity index (χ0v) is 16.5. The first-order chi connectivity index (χ1) is 13.1. The van der Waals surface area contributed by atoms with Gasteiger partial charge in [0.15, 0.2) is 0 Å². The second kappa shape index (κ2) is 7.60. The zero-order valence-electron chi connectivity index (χ0n) is 14.1. The van der Waals surface area contributed by atoms with Gasteiger partial charge in [0, 0.05) is 10.5 Å². The fraction of sp³-hybridized carbons (Fsp3) is 0.158.